The summed E-state index contributed by atoms with van der Waals surface area (Å²) in [6.07, 6.45) is 1.25. The van der Waals surface area contributed by atoms with Gasteiger partial charge in [-0.25, -0.2) is 0 Å². The van der Waals surface area contributed by atoms with Gasteiger partial charge in [0.2, 0.25) is 5.91 Å². The SMILES string of the molecule is COc1ccccc1NC(=O)/C(C#N)=C\NCCN1C(=O)CSC1=O. The Morgan fingerprint density at radius 1 is 1.44 bits per heavy atom. The van der Waals surface area contributed by atoms with E-state index in [0.717, 1.165) is 16.7 Å². The van der Waals surface area contributed by atoms with E-state index in [0.29, 0.717) is 11.4 Å². The van der Waals surface area contributed by atoms with Crippen molar-refractivity contribution >= 4 is 34.5 Å². The van der Waals surface area contributed by atoms with Crippen molar-refractivity contribution in [1.82, 2.24) is 10.2 Å². The molecule has 1 saturated heterocycles. The van der Waals surface area contributed by atoms with Crippen LogP contribution in [0.2, 0.25) is 0 Å². The first-order valence-corrected chi connectivity index (χ1v) is 8.30. The van der Waals surface area contributed by atoms with Gasteiger partial charge in [0.25, 0.3) is 11.1 Å². The molecule has 0 unspecified atom stereocenters. The number of thioether (sulfide) groups is 1. The number of carbonyl (C=O) groups excluding carboxylic acids is 3. The van der Waals surface area contributed by atoms with E-state index in [-0.39, 0.29) is 35.6 Å². The Morgan fingerprint density at radius 3 is 2.84 bits per heavy atom. The molecule has 0 saturated carbocycles. The molecule has 8 nitrogen and oxygen atoms in total. The molecule has 0 aromatic heterocycles. The number of para-hydroxylation sites is 2. The second-order valence-corrected chi connectivity index (χ2v) is 5.80. The Balaban J connectivity index is 1.91. The van der Waals surface area contributed by atoms with Gasteiger partial charge in [-0.3, -0.25) is 19.3 Å². The van der Waals surface area contributed by atoms with Crippen LogP contribution in [0.1, 0.15) is 0 Å². The number of nitrogens with zero attached hydrogens (tertiary/aromatic N) is 2. The van der Waals surface area contributed by atoms with Crippen molar-refractivity contribution in [2.24, 2.45) is 0 Å². The Bertz CT molecular complexity index is 741. The summed E-state index contributed by atoms with van der Waals surface area (Å²) in [7, 11) is 1.48. The highest BCUT2D eigenvalue weighted by atomic mass is 32.2. The molecule has 1 fully saturated rings. The van der Waals surface area contributed by atoms with Gasteiger partial charge in [-0.05, 0) is 12.1 Å². The molecule has 1 aromatic carbocycles. The second kappa shape index (κ2) is 8.75. The maximum absolute atomic E-state index is 12.1. The monoisotopic (exact) mass is 360 g/mol. The van der Waals surface area contributed by atoms with Crippen molar-refractivity contribution in [2.45, 2.75) is 0 Å². The van der Waals surface area contributed by atoms with Gasteiger partial charge in [0.15, 0.2) is 0 Å². The first-order valence-electron chi connectivity index (χ1n) is 7.32. The predicted molar refractivity (Wildman–Crippen MR) is 92.9 cm³/mol. The van der Waals surface area contributed by atoms with E-state index in [9.17, 15) is 14.4 Å². The summed E-state index contributed by atoms with van der Waals surface area (Å²) in [6, 6.07) is 8.63. The van der Waals surface area contributed by atoms with Crippen LogP contribution < -0.4 is 15.4 Å². The minimum absolute atomic E-state index is 0.139. The third kappa shape index (κ3) is 4.74. The summed E-state index contributed by atoms with van der Waals surface area (Å²) in [6.45, 7) is 0.416. The molecule has 2 rings (SSSR count). The average molecular weight is 360 g/mol. The topological polar surface area (TPSA) is 112 Å². The van der Waals surface area contributed by atoms with Crippen LogP contribution in [0.5, 0.6) is 5.75 Å². The number of carbonyl (C=O) groups is 3. The van der Waals surface area contributed by atoms with Gasteiger partial charge in [0.1, 0.15) is 17.4 Å². The minimum Gasteiger partial charge on any atom is -0.495 e. The van der Waals surface area contributed by atoms with Crippen LogP contribution in [0, 0.1) is 11.3 Å². The number of amides is 3. The van der Waals surface area contributed by atoms with E-state index in [1.165, 1.54) is 13.3 Å². The Morgan fingerprint density at radius 2 is 2.20 bits per heavy atom. The second-order valence-electron chi connectivity index (χ2n) is 4.88. The van der Waals surface area contributed by atoms with Gasteiger partial charge in [-0.1, -0.05) is 23.9 Å². The molecular formula is C16H16N4O4S. The molecule has 0 atom stereocenters. The van der Waals surface area contributed by atoms with Gasteiger partial charge in [-0.15, -0.1) is 0 Å². The van der Waals surface area contributed by atoms with Gasteiger partial charge in [0.05, 0.1) is 18.6 Å². The summed E-state index contributed by atoms with van der Waals surface area (Å²) in [5, 5.41) is 14.2. The van der Waals surface area contributed by atoms with Crippen molar-refractivity contribution in [3.8, 4) is 11.8 Å². The summed E-state index contributed by atoms with van der Waals surface area (Å²) < 4.78 is 5.13. The first-order chi connectivity index (χ1) is 12.1. The van der Waals surface area contributed by atoms with Crippen LogP contribution in [0.25, 0.3) is 0 Å². The average Bonchev–Trinajstić information content (AvgIpc) is 2.93. The lowest BCUT2D eigenvalue weighted by Crippen LogP contribution is -2.34. The van der Waals surface area contributed by atoms with Crippen LogP contribution in [-0.4, -0.2) is 47.9 Å². The summed E-state index contributed by atoms with van der Waals surface area (Å²) >= 11 is 0.958. The number of anilines is 1. The number of imide groups is 1. The standard InChI is InChI=1S/C16H16N4O4S/c1-24-13-5-3-2-4-12(13)19-15(22)11(8-17)9-18-6-7-20-14(21)10-25-16(20)23/h2-5,9,18H,6-7,10H2,1H3,(H,19,22)/b11-9-. The lowest BCUT2D eigenvalue weighted by Gasteiger charge is -2.12. The molecule has 1 aliphatic heterocycles. The molecule has 0 bridgehead atoms. The third-order valence-corrected chi connectivity index (χ3v) is 4.15. The molecule has 1 aliphatic rings. The molecule has 3 amide bonds. The van der Waals surface area contributed by atoms with Crippen molar-refractivity contribution in [2.75, 3.05) is 31.3 Å². The van der Waals surface area contributed by atoms with Crippen LogP contribution in [0.3, 0.4) is 0 Å². The number of nitrogens with one attached hydrogen (secondary N) is 2. The molecule has 0 spiro atoms. The normalized spacial score (nSPS) is 14.2. The zero-order chi connectivity index (χ0) is 18.2. The summed E-state index contributed by atoms with van der Waals surface area (Å²) in [5.74, 6) is -0.206. The minimum atomic E-state index is -0.594. The zero-order valence-corrected chi connectivity index (χ0v) is 14.3. The molecule has 9 heteroatoms. The van der Waals surface area contributed by atoms with Crippen molar-refractivity contribution < 1.29 is 19.1 Å². The summed E-state index contributed by atoms with van der Waals surface area (Å²) in [5.41, 5.74) is 0.306. The Labute approximate surface area is 148 Å². The number of ether oxygens (including phenoxy) is 1. The van der Waals surface area contributed by atoms with Crippen molar-refractivity contribution in [1.29, 1.82) is 5.26 Å². The van der Waals surface area contributed by atoms with Gasteiger partial charge >= 0.3 is 0 Å². The fourth-order valence-corrected chi connectivity index (χ4v) is 2.79. The first kappa shape index (κ1) is 18.4. The van der Waals surface area contributed by atoms with Gasteiger partial charge in [-0.2, -0.15) is 5.26 Å². The molecule has 130 valence electrons. The fourth-order valence-electron chi connectivity index (χ4n) is 2.03. The smallest absolute Gasteiger partial charge is 0.288 e. The summed E-state index contributed by atoms with van der Waals surface area (Å²) in [4.78, 5) is 36.2. The molecule has 2 N–H and O–H groups in total. The highest BCUT2D eigenvalue weighted by molar-refractivity contribution is 8.14. The molecule has 25 heavy (non-hydrogen) atoms. The largest absolute Gasteiger partial charge is 0.495 e. The van der Waals surface area contributed by atoms with Crippen molar-refractivity contribution in [3.05, 3.63) is 36.0 Å². The van der Waals surface area contributed by atoms with Crippen molar-refractivity contribution in [3.63, 3.8) is 0 Å². The fraction of sp³-hybridized carbons (Fsp3) is 0.250. The van der Waals surface area contributed by atoms with Gasteiger partial charge in [0, 0.05) is 19.3 Å². The number of methoxy groups -OCH3 is 1. The number of nitriles is 1. The number of hydrogen-bond donors (Lipinski definition) is 2. The quantitative estimate of drug-likeness (QED) is 0.428. The molecular weight excluding hydrogens is 344 g/mol. The highest BCUT2D eigenvalue weighted by Gasteiger charge is 2.28. The van der Waals surface area contributed by atoms with Gasteiger partial charge < -0.3 is 15.4 Å². The lowest BCUT2D eigenvalue weighted by atomic mass is 10.2. The predicted octanol–water partition coefficient (Wildman–Crippen LogP) is 1.33. The molecule has 0 aliphatic carbocycles. The van der Waals surface area contributed by atoms with E-state index >= 15 is 0 Å². The number of rotatable bonds is 7. The number of benzene rings is 1. The molecule has 1 aromatic rings. The van der Waals surface area contributed by atoms with E-state index in [1.807, 2.05) is 0 Å². The molecule has 1 heterocycles. The molecule has 0 radical (unpaired) electrons. The van der Waals surface area contributed by atoms with E-state index in [1.54, 1.807) is 30.3 Å². The van der Waals surface area contributed by atoms with E-state index in [4.69, 9.17) is 10.00 Å². The Hall–Kier alpha value is -2.99. The maximum Gasteiger partial charge on any atom is 0.288 e. The lowest BCUT2D eigenvalue weighted by molar-refractivity contribution is -0.124. The van der Waals surface area contributed by atoms with Crippen LogP contribution in [-0.2, 0) is 9.59 Å². The van der Waals surface area contributed by atoms with Crippen LogP contribution in [0.4, 0.5) is 10.5 Å². The van der Waals surface area contributed by atoms with Crippen LogP contribution in [0.15, 0.2) is 36.0 Å². The van der Waals surface area contributed by atoms with E-state index < -0.39 is 5.91 Å². The number of hydrogen-bond acceptors (Lipinski definition) is 7. The van der Waals surface area contributed by atoms with E-state index in [2.05, 4.69) is 10.6 Å². The maximum atomic E-state index is 12.1. The highest BCUT2D eigenvalue weighted by Crippen LogP contribution is 2.23. The third-order valence-electron chi connectivity index (χ3n) is 3.29. The zero-order valence-electron chi connectivity index (χ0n) is 13.4. The van der Waals surface area contributed by atoms with Crippen LogP contribution >= 0.6 is 11.8 Å². The Kier molecular flexibility index (Phi) is 6.42.